The molecule has 0 unspecified atom stereocenters. The normalized spacial score (nSPS) is 14.8. The molecule has 1 aliphatic rings. The number of esters is 1. The van der Waals surface area contributed by atoms with Gasteiger partial charge in [0.15, 0.2) is 0 Å². The SMILES string of the molecule is COC(=O)c1cc(NC(=O)C(C)C)ccc1N1CCOCC1. The Morgan fingerprint density at radius 1 is 1.27 bits per heavy atom. The van der Waals surface area contributed by atoms with Crippen molar-refractivity contribution in [2.75, 3.05) is 43.6 Å². The molecule has 0 aliphatic carbocycles. The molecular formula is C16H22N2O4. The molecule has 0 radical (unpaired) electrons. The second-order valence-electron chi connectivity index (χ2n) is 5.47. The molecule has 1 heterocycles. The van der Waals surface area contributed by atoms with Gasteiger partial charge in [-0.05, 0) is 18.2 Å². The van der Waals surface area contributed by atoms with Crippen molar-refractivity contribution in [1.29, 1.82) is 0 Å². The number of anilines is 2. The van der Waals surface area contributed by atoms with Gasteiger partial charge in [0, 0.05) is 24.7 Å². The summed E-state index contributed by atoms with van der Waals surface area (Å²) in [6, 6.07) is 5.31. The fraction of sp³-hybridized carbons (Fsp3) is 0.500. The molecule has 1 saturated heterocycles. The average Bonchev–Trinajstić information content (AvgIpc) is 2.54. The van der Waals surface area contributed by atoms with E-state index in [2.05, 4.69) is 10.2 Å². The van der Waals surface area contributed by atoms with E-state index in [9.17, 15) is 9.59 Å². The summed E-state index contributed by atoms with van der Waals surface area (Å²) in [6.45, 7) is 6.35. The van der Waals surface area contributed by atoms with Gasteiger partial charge in [-0.25, -0.2) is 4.79 Å². The molecule has 1 aliphatic heterocycles. The van der Waals surface area contributed by atoms with Crippen LogP contribution in [0.2, 0.25) is 0 Å². The van der Waals surface area contributed by atoms with Crippen molar-refractivity contribution < 1.29 is 19.1 Å². The second-order valence-corrected chi connectivity index (χ2v) is 5.47. The van der Waals surface area contributed by atoms with Gasteiger partial charge in [0.1, 0.15) is 0 Å². The zero-order valence-corrected chi connectivity index (χ0v) is 13.2. The first-order valence-electron chi connectivity index (χ1n) is 7.39. The molecule has 6 heteroatoms. The summed E-state index contributed by atoms with van der Waals surface area (Å²) in [6.07, 6.45) is 0. The fourth-order valence-electron chi connectivity index (χ4n) is 2.25. The number of hydrogen-bond acceptors (Lipinski definition) is 5. The molecule has 1 N–H and O–H groups in total. The number of carbonyl (C=O) groups excluding carboxylic acids is 2. The van der Waals surface area contributed by atoms with Crippen LogP contribution in [0.4, 0.5) is 11.4 Å². The van der Waals surface area contributed by atoms with Crippen LogP contribution in [0.25, 0.3) is 0 Å². The van der Waals surface area contributed by atoms with E-state index in [0.29, 0.717) is 24.5 Å². The largest absolute Gasteiger partial charge is 0.465 e. The van der Waals surface area contributed by atoms with E-state index in [1.165, 1.54) is 7.11 Å². The Hall–Kier alpha value is -2.08. The predicted octanol–water partition coefficient (Wildman–Crippen LogP) is 1.90. The Morgan fingerprint density at radius 2 is 1.95 bits per heavy atom. The van der Waals surface area contributed by atoms with E-state index < -0.39 is 5.97 Å². The van der Waals surface area contributed by atoms with Gasteiger partial charge in [0.25, 0.3) is 0 Å². The van der Waals surface area contributed by atoms with Crippen molar-refractivity contribution in [2.45, 2.75) is 13.8 Å². The van der Waals surface area contributed by atoms with Crippen LogP contribution >= 0.6 is 0 Å². The topological polar surface area (TPSA) is 67.9 Å². The van der Waals surface area contributed by atoms with E-state index in [4.69, 9.17) is 9.47 Å². The van der Waals surface area contributed by atoms with Crippen molar-refractivity contribution in [1.82, 2.24) is 0 Å². The highest BCUT2D eigenvalue weighted by atomic mass is 16.5. The average molecular weight is 306 g/mol. The first kappa shape index (κ1) is 16.3. The van der Waals surface area contributed by atoms with Crippen LogP contribution in [-0.2, 0) is 14.3 Å². The van der Waals surface area contributed by atoms with Crippen LogP contribution in [0.3, 0.4) is 0 Å². The van der Waals surface area contributed by atoms with Crippen LogP contribution in [0.15, 0.2) is 18.2 Å². The van der Waals surface area contributed by atoms with Crippen molar-refractivity contribution in [3.05, 3.63) is 23.8 Å². The summed E-state index contributed by atoms with van der Waals surface area (Å²) in [5, 5.41) is 2.80. The molecule has 0 aromatic heterocycles. The Balaban J connectivity index is 2.29. The Morgan fingerprint density at radius 3 is 2.55 bits per heavy atom. The lowest BCUT2D eigenvalue weighted by Crippen LogP contribution is -2.37. The molecule has 6 nitrogen and oxygen atoms in total. The molecule has 120 valence electrons. The van der Waals surface area contributed by atoms with Gasteiger partial charge in [-0.2, -0.15) is 0 Å². The summed E-state index contributed by atoms with van der Waals surface area (Å²) in [4.78, 5) is 25.9. The van der Waals surface area contributed by atoms with Crippen LogP contribution < -0.4 is 10.2 Å². The van der Waals surface area contributed by atoms with E-state index in [0.717, 1.165) is 18.8 Å². The van der Waals surface area contributed by atoms with Crippen molar-refractivity contribution in [3.63, 3.8) is 0 Å². The quantitative estimate of drug-likeness (QED) is 0.861. The maximum atomic E-state index is 12.1. The molecule has 1 amide bonds. The van der Waals surface area contributed by atoms with Gasteiger partial charge < -0.3 is 19.7 Å². The number of carbonyl (C=O) groups is 2. The number of morpholine rings is 1. The van der Waals surface area contributed by atoms with Gasteiger partial charge in [-0.3, -0.25) is 4.79 Å². The highest BCUT2D eigenvalue weighted by molar-refractivity contribution is 5.99. The first-order chi connectivity index (χ1) is 10.5. The van der Waals surface area contributed by atoms with Gasteiger partial charge in [0.05, 0.1) is 31.6 Å². The summed E-state index contributed by atoms with van der Waals surface area (Å²) < 4.78 is 10.2. The Bertz CT molecular complexity index is 551. The van der Waals surface area contributed by atoms with Crippen molar-refractivity contribution >= 4 is 23.3 Å². The van der Waals surface area contributed by atoms with Crippen molar-refractivity contribution in [3.8, 4) is 0 Å². The molecule has 22 heavy (non-hydrogen) atoms. The summed E-state index contributed by atoms with van der Waals surface area (Å²) >= 11 is 0. The Kier molecular flexibility index (Phi) is 5.38. The van der Waals surface area contributed by atoms with Crippen molar-refractivity contribution in [2.24, 2.45) is 5.92 Å². The van der Waals surface area contributed by atoms with Gasteiger partial charge in [-0.1, -0.05) is 13.8 Å². The van der Waals surface area contributed by atoms with Gasteiger partial charge in [0.2, 0.25) is 5.91 Å². The summed E-state index contributed by atoms with van der Waals surface area (Å²) in [7, 11) is 1.35. The van der Waals surface area contributed by atoms with Crippen LogP contribution in [0.1, 0.15) is 24.2 Å². The van der Waals surface area contributed by atoms with Gasteiger partial charge in [-0.15, -0.1) is 0 Å². The Labute approximate surface area is 130 Å². The highest BCUT2D eigenvalue weighted by Crippen LogP contribution is 2.26. The minimum absolute atomic E-state index is 0.0880. The number of rotatable bonds is 4. The molecule has 1 fully saturated rings. The molecule has 0 bridgehead atoms. The number of nitrogens with one attached hydrogen (secondary N) is 1. The molecule has 0 spiro atoms. The lowest BCUT2D eigenvalue weighted by atomic mass is 10.1. The van der Waals surface area contributed by atoms with E-state index >= 15 is 0 Å². The third-order valence-electron chi connectivity index (χ3n) is 3.55. The summed E-state index contributed by atoms with van der Waals surface area (Å²) in [5.41, 5.74) is 1.85. The zero-order valence-electron chi connectivity index (χ0n) is 13.2. The third kappa shape index (κ3) is 3.76. The highest BCUT2D eigenvalue weighted by Gasteiger charge is 2.20. The van der Waals surface area contributed by atoms with E-state index in [-0.39, 0.29) is 11.8 Å². The van der Waals surface area contributed by atoms with E-state index in [1.54, 1.807) is 12.1 Å². The van der Waals surface area contributed by atoms with E-state index in [1.807, 2.05) is 19.9 Å². The van der Waals surface area contributed by atoms with Crippen LogP contribution in [-0.4, -0.2) is 45.3 Å². The minimum Gasteiger partial charge on any atom is -0.465 e. The van der Waals surface area contributed by atoms with Crippen LogP contribution in [0, 0.1) is 5.92 Å². The summed E-state index contributed by atoms with van der Waals surface area (Å²) in [5.74, 6) is -0.627. The molecule has 0 saturated carbocycles. The third-order valence-corrected chi connectivity index (χ3v) is 3.55. The molecular weight excluding hydrogens is 284 g/mol. The molecule has 1 aromatic rings. The smallest absolute Gasteiger partial charge is 0.340 e. The maximum Gasteiger partial charge on any atom is 0.340 e. The lowest BCUT2D eigenvalue weighted by molar-refractivity contribution is -0.118. The number of ether oxygens (including phenoxy) is 2. The predicted molar refractivity (Wildman–Crippen MR) is 84.3 cm³/mol. The standard InChI is InChI=1S/C16H22N2O4/c1-11(2)15(19)17-12-4-5-14(13(10-12)16(20)21-3)18-6-8-22-9-7-18/h4-5,10-11H,6-9H2,1-3H3,(H,17,19). The monoisotopic (exact) mass is 306 g/mol. The van der Waals surface area contributed by atoms with Crippen LogP contribution in [0.5, 0.6) is 0 Å². The van der Waals surface area contributed by atoms with Gasteiger partial charge >= 0.3 is 5.97 Å². The number of benzene rings is 1. The number of nitrogens with zero attached hydrogens (tertiary/aromatic N) is 1. The minimum atomic E-state index is -0.415. The molecule has 2 rings (SSSR count). The lowest BCUT2D eigenvalue weighted by Gasteiger charge is -2.30. The zero-order chi connectivity index (χ0) is 16.1. The fourth-order valence-corrected chi connectivity index (χ4v) is 2.25. The number of amides is 1. The molecule has 1 aromatic carbocycles. The second kappa shape index (κ2) is 7.26. The first-order valence-corrected chi connectivity index (χ1v) is 7.39. The maximum absolute atomic E-state index is 12.1. The number of methoxy groups -OCH3 is 1. The number of hydrogen-bond donors (Lipinski definition) is 1. The molecule has 0 atom stereocenters.